The van der Waals surface area contributed by atoms with Crippen LogP contribution in [-0.2, 0) is 4.57 Å². The highest BCUT2D eigenvalue weighted by atomic mass is 31.1. The summed E-state index contributed by atoms with van der Waals surface area (Å²) in [6.45, 7) is 6.05. The number of rotatable bonds is 5. The van der Waals surface area contributed by atoms with Gasteiger partial charge in [-0.2, -0.15) is 4.89 Å². The zero-order valence-electron chi connectivity index (χ0n) is 8.89. The van der Waals surface area contributed by atoms with Gasteiger partial charge in [-0.1, -0.05) is 47.8 Å². The van der Waals surface area contributed by atoms with Gasteiger partial charge in [0.1, 0.15) is 8.07 Å². The summed E-state index contributed by atoms with van der Waals surface area (Å²) in [5.41, 5.74) is 1.99. The van der Waals surface area contributed by atoms with Gasteiger partial charge in [0, 0.05) is 0 Å². The summed E-state index contributed by atoms with van der Waals surface area (Å²) in [6.07, 6.45) is 0.374. The summed E-state index contributed by atoms with van der Waals surface area (Å²) in [5, 5.41) is 1.27. The topological polar surface area (TPSA) is 37.3 Å². The van der Waals surface area contributed by atoms with Crippen molar-refractivity contribution >= 4 is 21.3 Å². The van der Waals surface area contributed by atoms with Crippen LogP contribution < -0.4 is 5.19 Å². The molecule has 4 heteroatoms. The largest absolute Gasteiger partial charge is 0.505 e. The molecule has 0 amide bonds. The molecule has 0 fully saturated rings. The second kappa shape index (κ2) is 5.36. The molecule has 0 spiro atoms. The highest BCUT2D eigenvalue weighted by molar-refractivity contribution is 7.38. The highest BCUT2D eigenvalue weighted by Gasteiger charge is 2.29. The molecule has 1 rings (SSSR count). The van der Waals surface area contributed by atoms with Crippen LogP contribution in [0.2, 0.25) is 12.6 Å². The molecule has 2 atom stereocenters. The lowest BCUT2D eigenvalue weighted by atomic mass is 10.4. The van der Waals surface area contributed by atoms with E-state index in [2.05, 4.69) is 25.3 Å². The van der Waals surface area contributed by atoms with Crippen LogP contribution in [0.5, 0.6) is 0 Å². The van der Waals surface area contributed by atoms with Gasteiger partial charge in [0.05, 0.1) is 0 Å². The van der Waals surface area contributed by atoms with Crippen LogP contribution in [0.3, 0.4) is 0 Å². The van der Waals surface area contributed by atoms with E-state index in [1.807, 2.05) is 23.9 Å². The van der Waals surface area contributed by atoms with Gasteiger partial charge in [-0.25, -0.2) is 0 Å². The van der Waals surface area contributed by atoms with Gasteiger partial charge in [0.2, 0.25) is 0 Å². The van der Waals surface area contributed by atoms with E-state index in [0.29, 0.717) is 6.16 Å². The molecule has 0 aromatic heterocycles. The normalized spacial score (nSPS) is 15.5. The lowest BCUT2D eigenvalue weighted by Crippen LogP contribution is -2.43. The molecule has 2 unspecified atom stereocenters. The predicted molar refractivity (Wildman–Crippen MR) is 67.4 cm³/mol. The average molecular weight is 239 g/mol. The van der Waals surface area contributed by atoms with Crippen LogP contribution in [0.4, 0.5) is 0 Å². The first-order valence-corrected chi connectivity index (χ1v) is 9.09. The van der Waals surface area contributed by atoms with Crippen LogP contribution in [-0.4, -0.2) is 19.1 Å². The van der Waals surface area contributed by atoms with Gasteiger partial charge in [0.25, 0.3) is 0 Å². The van der Waals surface area contributed by atoms with Crippen molar-refractivity contribution in [2.45, 2.75) is 12.6 Å². The molecular weight excluding hydrogens is 223 g/mol. The Hall–Kier alpha value is -0.763. The summed E-state index contributed by atoms with van der Waals surface area (Å²) < 4.78 is 10.7. The minimum absolute atomic E-state index is 0.374. The first-order chi connectivity index (χ1) is 7.08. The van der Waals surface area contributed by atoms with Crippen LogP contribution in [0, 0.1) is 0 Å². The van der Waals surface area contributed by atoms with E-state index in [4.69, 9.17) is 4.89 Å². The Morgan fingerprint density at radius 2 is 2.07 bits per heavy atom. The summed E-state index contributed by atoms with van der Waals surface area (Å²) in [7, 11) is -3.77. The van der Waals surface area contributed by atoms with Gasteiger partial charge < -0.3 is 0 Å². The zero-order valence-corrected chi connectivity index (χ0v) is 10.8. The maximum atomic E-state index is 10.7. The van der Waals surface area contributed by atoms with E-state index in [1.165, 1.54) is 5.19 Å². The Morgan fingerprint density at radius 3 is 2.53 bits per heavy atom. The van der Waals surface area contributed by atoms with Crippen LogP contribution >= 0.6 is 8.03 Å². The minimum Gasteiger partial charge on any atom is -0.161 e. The number of hydrogen-bond donors (Lipinski definition) is 1. The molecule has 2 nitrogen and oxygen atoms in total. The molecular formula is C11H16O2PSi+. The Balaban J connectivity index is 2.85. The monoisotopic (exact) mass is 239 g/mol. The molecule has 0 aliphatic rings. The molecule has 0 aliphatic carbocycles. The molecule has 0 saturated heterocycles. The summed E-state index contributed by atoms with van der Waals surface area (Å²) in [4.78, 5) is 8.86. The van der Waals surface area contributed by atoms with Crippen LogP contribution in [0.25, 0.3) is 0 Å². The van der Waals surface area contributed by atoms with E-state index in [9.17, 15) is 4.57 Å². The summed E-state index contributed by atoms with van der Waals surface area (Å²) >= 11 is 0. The van der Waals surface area contributed by atoms with E-state index in [1.54, 1.807) is 0 Å². The van der Waals surface area contributed by atoms with Crippen molar-refractivity contribution in [3.8, 4) is 0 Å². The third-order valence-corrected chi connectivity index (χ3v) is 7.58. The first kappa shape index (κ1) is 12.3. The number of hydrogen-bond acceptors (Lipinski definition) is 1. The molecule has 1 N–H and O–H groups in total. The van der Waals surface area contributed by atoms with Crippen molar-refractivity contribution in [1.29, 1.82) is 0 Å². The van der Waals surface area contributed by atoms with E-state index in [-0.39, 0.29) is 0 Å². The fourth-order valence-corrected chi connectivity index (χ4v) is 5.82. The second-order valence-corrected chi connectivity index (χ2v) is 9.29. The highest BCUT2D eigenvalue weighted by Crippen LogP contribution is 2.21. The molecule has 0 aliphatic heterocycles. The lowest BCUT2D eigenvalue weighted by molar-refractivity contribution is 0.504. The van der Waals surface area contributed by atoms with Crippen LogP contribution in [0.1, 0.15) is 0 Å². The van der Waals surface area contributed by atoms with Crippen molar-refractivity contribution in [2.75, 3.05) is 6.16 Å². The van der Waals surface area contributed by atoms with Gasteiger partial charge in [-0.15, -0.1) is 6.58 Å². The average Bonchev–Trinajstić information content (AvgIpc) is 2.27. The standard InChI is InChI=1S/C11H15O2PSi/c1-3-15(2,10-9-14(12)13)11-7-5-4-6-8-11/h3-8H,1,9-10H2,2H3/p+1. The first-order valence-electron chi connectivity index (χ1n) is 4.91. The molecule has 80 valence electrons. The van der Waals surface area contributed by atoms with Crippen molar-refractivity contribution in [3.63, 3.8) is 0 Å². The zero-order chi connectivity index (χ0) is 11.3. The maximum Gasteiger partial charge on any atom is 0.505 e. The Morgan fingerprint density at radius 1 is 1.47 bits per heavy atom. The van der Waals surface area contributed by atoms with Crippen LogP contribution in [0.15, 0.2) is 42.6 Å². The quantitative estimate of drug-likeness (QED) is 0.633. The Labute approximate surface area is 92.5 Å². The van der Waals surface area contributed by atoms with E-state index >= 15 is 0 Å². The predicted octanol–water partition coefficient (Wildman–Crippen LogP) is 2.43. The summed E-state index contributed by atoms with van der Waals surface area (Å²) in [5.74, 6) is 0. The third kappa shape index (κ3) is 3.38. The molecule has 0 radical (unpaired) electrons. The third-order valence-electron chi connectivity index (χ3n) is 2.71. The fraction of sp³-hybridized carbons (Fsp3) is 0.273. The van der Waals surface area contributed by atoms with E-state index in [0.717, 1.165) is 6.04 Å². The maximum absolute atomic E-state index is 10.7. The van der Waals surface area contributed by atoms with Gasteiger partial charge in [0.15, 0.2) is 6.16 Å². The van der Waals surface area contributed by atoms with Crippen molar-refractivity contribution in [3.05, 3.63) is 42.6 Å². The molecule has 1 aromatic carbocycles. The SMILES string of the molecule is C=C[Si](C)(CC[P+](=O)O)c1ccccc1. The second-order valence-electron chi connectivity index (χ2n) is 3.81. The van der Waals surface area contributed by atoms with E-state index < -0.39 is 16.1 Å². The molecule has 0 bridgehead atoms. The van der Waals surface area contributed by atoms with Gasteiger partial charge in [-0.05, 0) is 10.6 Å². The van der Waals surface area contributed by atoms with Gasteiger partial charge in [-0.3, -0.25) is 0 Å². The van der Waals surface area contributed by atoms with Crippen molar-refractivity contribution in [2.24, 2.45) is 0 Å². The Bertz CT molecular complexity index is 353. The number of benzene rings is 1. The molecule has 0 heterocycles. The lowest BCUT2D eigenvalue weighted by Gasteiger charge is -2.21. The smallest absolute Gasteiger partial charge is 0.161 e. The molecule has 15 heavy (non-hydrogen) atoms. The molecule has 1 aromatic rings. The minimum atomic E-state index is -2.02. The summed E-state index contributed by atoms with van der Waals surface area (Å²) in [6, 6.07) is 10.9. The Kier molecular flexibility index (Phi) is 4.39. The van der Waals surface area contributed by atoms with Gasteiger partial charge >= 0.3 is 8.03 Å². The fourth-order valence-electron chi connectivity index (χ4n) is 1.51. The molecule has 0 saturated carbocycles. The van der Waals surface area contributed by atoms with Crippen molar-refractivity contribution < 1.29 is 9.46 Å². The van der Waals surface area contributed by atoms with Crippen molar-refractivity contribution in [1.82, 2.24) is 0 Å².